The van der Waals surface area contributed by atoms with Gasteiger partial charge in [-0.2, -0.15) is 0 Å². The normalized spacial score (nSPS) is 15.5. The van der Waals surface area contributed by atoms with E-state index in [0.717, 1.165) is 44.8 Å². The molecule has 2 heterocycles. The number of hydrogen-bond acceptors (Lipinski definition) is 6. The maximum Gasteiger partial charge on any atom is 0.251 e. The fourth-order valence-electron chi connectivity index (χ4n) is 2.61. The van der Waals surface area contributed by atoms with Gasteiger partial charge in [-0.15, -0.1) is 5.10 Å². The number of carbonyl (C=O) groups excluding carboxylic acids is 1. The van der Waals surface area contributed by atoms with Crippen LogP contribution < -0.4 is 10.6 Å². The monoisotopic (exact) mass is 315 g/mol. The number of nitrogens with one attached hydrogen (secondary N) is 2. The van der Waals surface area contributed by atoms with Crippen molar-refractivity contribution in [3.8, 4) is 5.69 Å². The summed E-state index contributed by atoms with van der Waals surface area (Å²) >= 11 is 0. The maximum atomic E-state index is 12.2. The van der Waals surface area contributed by atoms with Gasteiger partial charge in [0.25, 0.3) is 5.91 Å². The lowest BCUT2D eigenvalue weighted by Gasteiger charge is -2.27. The second-order valence-electron chi connectivity index (χ2n) is 5.51. The van der Waals surface area contributed by atoms with E-state index >= 15 is 0 Å². The number of aromatic nitrogens is 4. The number of rotatable bonds is 6. The third kappa shape index (κ3) is 4.33. The molecule has 3 rings (SSSR count). The summed E-state index contributed by atoms with van der Waals surface area (Å²) in [4.78, 5) is 14.6. The van der Waals surface area contributed by atoms with Crippen LogP contribution in [-0.2, 0) is 0 Å². The van der Waals surface area contributed by atoms with Crippen molar-refractivity contribution >= 4 is 5.91 Å². The zero-order valence-corrected chi connectivity index (χ0v) is 13.0. The Hall–Kier alpha value is -2.32. The Kier molecular flexibility index (Phi) is 5.28. The zero-order chi connectivity index (χ0) is 15.9. The molecule has 2 N–H and O–H groups in total. The quantitative estimate of drug-likeness (QED) is 0.711. The van der Waals surface area contributed by atoms with Gasteiger partial charge in [0.15, 0.2) is 0 Å². The lowest BCUT2D eigenvalue weighted by molar-refractivity contribution is 0.0951. The van der Waals surface area contributed by atoms with Gasteiger partial charge >= 0.3 is 0 Å². The second-order valence-corrected chi connectivity index (χ2v) is 5.51. The first-order chi connectivity index (χ1) is 11.3. The van der Waals surface area contributed by atoms with Crippen LogP contribution in [0.3, 0.4) is 0 Å². The number of nitrogens with zero attached hydrogens (tertiary/aromatic N) is 5. The minimum Gasteiger partial charge on any atom is -0.352 e. The molecule has 0 saturated carbocycles. The van der Waals surface area contributed by atoms with Crippen LogP contribution in [0.25, 0.3) is 5.69 Å². The SMILES string of the molecule is O=C(NCCCN1CCNCC1)c1cccc(-n2cnnn2)c1. The predicted molar refractivity (Wildman–Crippen MR) is 85.4 cm³/mol. The molecule has 0 unspecified atom stereocenters. The highest BCUT2D eigenvalue weighted by molar-refractivity contribution is 5.94. The van der Waals surface area contributed by atoms with E-state index < -0.39 is 0 Å². The van der Waals surface area contributed by atoms with Gasteiger partial charge in [0.1, 0.15) is 6.33 Å². The fourth-order valence-corrected chi connectivity index (χ4v) is 2.61. The van der Waals surface area contributed by atoms with Crippen molar-refractivity contribution in [3.63, 3.8) is 0 Å². The number of amides is 1. The molecule has 1 aliphatic heterocycles. The third-order valence-corrected chi connectivity index (χ3v) is 3.87. The average Bonchev–Trinajstić information content (AvgIpc) is 3.14. The van der Waals surface area contributed by atoms with Crippen molar-refractivity contribution in [1.82, 2.24) is 35.7 Å². The fraction of sp³-hybridized carbons (Fsp3) is 0.467. The van der Waals surface area contributed by atoms with Gasteiger partial charge in [0.05, 0.1) is 5.69 Å². The standard InChI is InChI=1S/C15H21N7O/c23-15(17-5-2-8-21-9-6-16-7-10-21)13-3-1-4-14(11-13)22-12-18-19-20-22/h1,3-4,11-12,16H,2,5-10H2,(H,17,23). The first-order valence-electron chi connectivity index (χ1n) is 7.87. The highest BCUT2D eigenvalue weighted by Crippen LogP contribution is 2.08. The highest BCUT2D eigenvalue weighted by atomic mass is 16.1. The Morgan fingerprint density at radius 1 is 1.30 bits per heavy atom. The number of hydrogen-bond donors (Lipinski definition) is 2. The molecular formula is C15H21N7O. The van der Waals surface area contributed by atoms with Gasteiger partial charge in [0.2, 0.25) is 0 Å². The van der Waals surface area contributed by atoms with Crippen molar-refractivity contribution in [2.24, 2.45) is 0 Å². The molecule has 0 bridgehead atoms. The van der Waals surface area contributed by atoms with Gasteiger partial charge in [-0.3, -0.25) is 4.79 Å². The summed E-state index contributed by atoms with van der Waals surface area (Å²) in [5, 5.41) is 17.3. The van der Waals surface area contributed by atoms with Crippen molar-refractivity contribution in [2.75, 3.05) is 39.3 Å². The Morgan fingerprint density at radius 2 is 2.17 bits per heavy atom. The van der Waals surface area contributed by atoms with Crippen LogP contribution in [0.1, 0.15) is 16.8 Å². The van der Waals surface area contributed by atoms with E-state index in [9.17, 15) is 4.79 Å². The molecule has 0 aliphatic carbocycles. The molecule has 2 aromatic rings. The van der Waals surface area contributed by atoms with Crippen LogP contribution in [0.4, 0.5) is 0 Å². The summed E-state index contributed by atoms with van der Waals surface area (Å²) in [6, 6.07) is 7.26. The smallest absolute Gasteiger partial charge is 0.251 e. The van der Waals surface area contributed by atoms with E-state index in [-0.39, 0.29) is 5.91 Å². The molecule has 8 nitrogen and oxygen atoms in total. The number of carbonyl (C=O) groups is 1. The summed E-state index contributed by atoms with van der Waals surface area (Å²) in [6.45, 7) is 5.97. The van der Waals surface area contributed by atoms with Gasteiger partial charge in [-0.1, -0.05) is 6.07 Å². The maximum absolute atomic E-state index is 12.2. The second kappa shape index (κ2) is 7.80. The molecule has 0 atom stereocenters. The molecular weight excluding hydrogens is 294 g/mol. The number of benzene rings is 1. The van der Waals surface area contributed by atoms with E-state index in [1.807, 2.05) is 12.1 Å². The number of tetrazole rings is 1. The van der Waals surface area contributed by atoms with Crippen LogP contribution >= 0.6 is 0 Å². The van der Waals surface area contributed by atoms with Gasteiger partial charge in [-0.05, 0) is 41.6 Å². The minimum absolute atomic E-state index is 0.0692. The van der Waals surface area contributed by atoms with E-state index in [1.54, 1.807) is 12.1 Å². The molecule has 8 heteroatoms. The summed E-state index contributed by atoms with van der Waals surface area (Å²) in [7, 11) is 0. The van der Waals surface area contributed by atoms with Crippen molar-refractivity contribution in [2.45, 2.75) is 6.42 Å². The molecule has 23 heavy (non-hydrogen) atoms. The summed E-state index contributed by atoms with van der Waals surface area (Å²) in [5.41, 5.74) is 1.38. The topological polar surface area (TPSA) is 88.0 Å². The first kappa shape index (κ1) is 15.6. The molecule has 1 amide bonds. The number of piperazine rings is 1. The Balaban J connectivity index is 1.47. The highest BCUT2D eigenvalue weighted by Gasteiger charge is 2.10. The van der Waals surface area contributed by atoms with Crippen molar-refractivity contribution in [1.29, 1.82) is 0 Å². The van der Waals surface area contributed by atoms with Crippen LogP contribution in [-0.4, -0.2) is 70.3 Å². The minimum atomic E-state index is -0.0692. The summed E-state index contributed by atoms with van der Waals surface area (Å²) < 4.78 is 1.53. The van der Waals surface area contributed by atoms with Crippen LogP contribution in [0, 0.1) is 0 Å². The van der Waals surface area contributed by atoms with Crippen LogP contribution in [0.5, 0.6) is 0 Å². The van der Waals surface area contributed by atoms with Gasteiger partial charge in [0, 0.05) is 38.3 Å². The third-order valence-electron chi connectivity index (χ3n) is 3.87. The van der Waals surface area contributed by atoms with Crippen LogP contribution in [0.2, 0.25) is 0 Å². The van der Waals surface area contributed by atoms with E-state index in [4.69, 9.17) is 0 Å². The zero-order valence-electron chi connectivity index (χ0n) is 13.0. The summed E-state index contributed by atoms with van der Waals surface area (Å²) in [6.07, 6.45) is 2.46. The molecule has 1 aromatic carbocycles. The Labute approximate surface area is 134 Å². The predicted octanol–water partition coefficient (Wildman–Crippen LogP) is -0.313. The van der Waals surface area contributed by atoms with Crippen LogP contribution in [0.15, 0.2) is 30.6 Å². The Bertz CT molecular complexity index is 623. The molecule has 1 aliphatic rings. The van der Waals surface area contributed by atoms with E-state index in [1.165, 1.54) is 11.0 Å². The van der Waals surface area contributed by atoms with Gasteiger partial charge in [-0.25, -0.2) is 4.68 Å². The molecule has 122 valence electrons. The van der Waals surface area contributed by atoms with Crippen molar-refractivity contribution < 1.29 is 4.79 Å². The lowest BCUT2D eigenvalue weighted by atomic mass is 10.2. The molecule has 1 fully saturated rings. The lowest BCUT2D eigenvalue weighted by Crippen LogP contribution is -2.44. The van der Waals surface area contributed by atoms with Crippen molar-refractivity contribution in [3.05, 3.63) is 36.2 Å². The molecule has 1 saturated heterocycles. The Morgan fingerprint density at radius 3 is 2.96 bits per heavy atom. The molecule has 1 aromatic heterocycles. The average molecular weight is 315 g/mol. The molecule has 0 spiro atoms. The largest absolute Gasteiger partial charge is 0.352 e. The first-order valence-corrected chi connectivity index (χ1v) is 7.87. The summed E-state index contributed by atoms with van der Waals surface area (Å²) in [5.74, 6) is -0.0692. The van der Waals surface area contributed by atoms with E-state index in [0.29, 0.717) is 12.1 Å². The molecule has 0 radical (unpaired) electrons. The van der Waals surface area contributed by atoms with Gasteiger partial charge < -0.3 is 15.5 Å². The van der Waals surface area contributed by atoms with E-state index in [2.05, 4.69) is 31.1 Å².